The predicted molar refractivity (Wildman–Crippen MR) is 123 cm³/mol. The highest BCUT2D eigenvalue weighted by atomic mass is 19.3. The maximum atomic E-state index is 13.4. The van der Waals surface area contributed by atoms with Crippen LogP contribution < -0.4 is 4.90 Å². The molecule has 1 saturated heterocycles. The van der Waals surface area contributed by atoms with Crippen molar-refractivity contribution in [1.82, 2.24) is 34.4 Å². The molecule has 1 aliphatic heterocycles. The van der Waals surface area contributed by atoms with Gasteiger partial charge in [-0.15, -0.1) is 5.10 Å². The fraction of sp³-hybridized carbons (Fsp3) is 0.391. The van der Waals surface area contributed by atoms with Crippen LogP contribution in [0.4, 0.5) is 14.5 Å². The summed E-state index contributed by atoms with van der Waals surface area (Å²) in [6.45, 7) is 2.60. The number of anilines is 1. The molecule has 10 nitrogen and oxygen atoms in total. The Balaban J connectivity index is 1.36. The Labute approximate surface area is 199 Å². The van der Waals surface area contributed by atoms with E-state index in [1.807, 2.05) is 23.1 Å². The average molecular weight is 482 g/mol. The van der Waals surface area contributed by atoms with E-state index in [0.29, 0.717) is 18.5 Å². The van der Waals surface area contributed by atoms with E-state index >= 15 is 0 Å². The summed E-state index contributed by atoms with van der Waals surface area (Å²) >= 11 is 0. The van der Waals surface area contributed by atoms with Crippen LogP contribution in [0, 0.1) is 6.92 Å². The Kier molecular flexibility index (Phi) is 5.75. The number of pyridine rings is 2. The first kappa shape index (κ1) is 23.0. The Morgan fingerprint density at radius 1 is 1.26 bits per heavy atom. The highest BCUT2D eigenvalue weighted by Crippen LogP contribution is 2.30. The minimum atomic E-state index is -2.80. The second-order valence-electron chi connectivity index (χ2n) is 8.88. The average Bonchev–Trinajstić information content (AvgIpc) is 3.26. The third-order valence-corrected chi connectivity index (χ3v) is 6.13. The molecule has 0 saturated carbocycles. The van der Waals surface area contributed by atoms with Crippen molar-refractivity contribution in [3.05, 3.63) is 53.9 Å². The highest BCUT2D eigenvalue weighted by molar-refractivity contribution is 5.91. The summed E-state index contributed by atoms with van der Waals surface area (Å²) in [6, 6.07) is 6.78. The van der Waals surface area contributed by atoms with Gasteiger partial charge in [0, 0.05) is 38.2 Å². The third-order valence-electron chi connectivity index (χ3n) is 6.13. The lowest BCUT2D eigenvalue weighted by Crippen LogP contribution is -2.54. The number of hydrogen-bond acceptors (Lipinski definition) is 8. The van der Waals surface area contributed by atoms with Gasteiger partial charge in [-0.25, -0.2) is 13.8 Å². The second-order valence-corrected chi connectivity index (χ2v) is 8.88. The maximum absolute atomic E-state index is 13.4. The number of carbonyl (C=O) groups excluding carboxylic acids is 1. The first-order valence-corrected chi connectivity index (χ1v) is 11.2. The molecule has 1 N–H and O–H groups in total. The molecule has 0 aliphatic carbocycles. The molecular weight excluding hydrogens is 458 g/mol. The van der Waals surface area contributed by atoms with Gasteiger partial charge in [-0.1, -0.05) is 0 Å². The fourth-order valence-electron chi connectivity index (χ4n) is 4.61. The fourth-order valence-corrected chi connectivity index (χ4v) is 4.61. The van der Waals surface area contributed by atoms with E-state index in [9.17, 15) is 18.7 Å². The normalized spacial score (nSPS) is 18.5. The largest absolute Gasteiger partial charge is 0.386 e. The summed E-state index contributed by atoms with van der Waals surface area (Å²) in [5.41, 5.74) is 1.13. The molecule has 1 atom stereocenters. The van der Waals surface area contributed by atoms with Gasteiger partial charge in [-0.05, 0) is 44.0 Å². The van der Waals surface area contributed by atoms with Crippen molar-refractivity contribution in [3.8, 4) is 0 Å². The smallest absolute Gasteiger partial charge is 0.293 e. The molecular formula is C23H24F2N8O2. The van der Waals surface area contributed by atoms with Gasteiger partial charge in [0.25, 0.3) is 18.1 Å². The first-order valence-electron chi connectivity index (χ1n) is 11.2. The van der Waals surface area contributed by atoms with Crippen LogP contribution in [0.15, 0.2) is 36.7 Å². The van der Waals surface area contributed by atoms with Gasteiger partial charge in [-0.2, -0.15) is 9.50 Å². The van der Waals surface area contributed by atoms with Gasteiger partial charge in [0.1, 0.15) is 11.2 Å². The number of β-amino-alcohol motifs (C(OH)–C–C–N with tert-alkyl or cyclic N) is 1. The number of amides is 1. The first-order chi connectivity index (χ1) is 16.7. The van der Waals surface area contributed by atoms with Crippen LogP contribution in [0.5, 0.6) is 0 Å². The van der Waals surface area contributed by atoms with Crippen molar-refractivity contribution in [2.24, 2.45) is 0 Å². The van der Waals surface area contributed by atoms with Crippen LogP contribution in [-0.4, -0.2) is 77.7 Å². The molecule has 0 aromatic carbocycles. The number of aliphatic hydroxyl groups is 1. The van der Waals surface area contributed by atoms with E-state index in [1.165, 1.54) is 18.0 Å². The van der Waals surface area contributed by atoms with Crippen molar-refractivity contribution >= 4 is 28.4 Å². The molecule has 35 heavy (non-hydrogen) atoms. The molecule has 0 bridgehead atoms. The van der Waals surface area contributed by atoms with Crippen LogP contribution in [0.3, 0.4) is 0 Å². The molecule has 4 aromatic heterocycles. The van der Waals surface area contributed by atoms with Crippen LogP contribution >= 0.6 is 0 Å². The molecule has 5 rings (SSSR count). The molecule has 1 aliphatic rings. The number of rotatable bonds is 5. The molecule has 5 heterocycles. The van der Waals surface area contributed by atoms with Crippen molar-refractivity contribution < 1.29 is 18.7 Å². The SMILES string of the molecule is Cc1cc(C(F)F)n2nc(C(=O)N(C)CC3(O)CCCN(c4ccnc5cccnc45)C3)nc2n1. The van der Waals surface area contributed by atoms with Gasteiger partial charge in [0.15, 0.2) is 0 Å². The molecule has 1 unspecified atom stereocenters. The topological polar surface area (TPSA) is 113 Å². The Morgan fingerprint density at radius 3 is 2.89 bits per heavy atom. The summed E-state index contributed by atoms with van der Waals surface area (Å²) in [5.74, 6) is -0.917. The van der Waals surface area contributed by atoms with Gasteiger partial charge in [-0.3, -0.25) is 14.8 Å². The minimum Gasteiger partial charge on any atom is -0.386 e. The molecule has 1 amide bonds. The second kappa shape index (κ2) is 8.77. The van der Waals surface area contributed by atoms with E-state index < -0.39 is 17.9 Å². The van der Waals surface area contributed by atoms with Crippen LogP contribution in [-0.2, 0) is 0 Å². The third kappa shape index (κ3) is 4.36. The van der Waals surface area contributed by atoms with E-state index in [2.05, 4.69) is 25.0 Å². The Hall–Kier alpha value is -3.80. The zero-order chi connectivity index (χ0) is 24.7. The monoisotopic (exact) mass is 482 g/mol. The van der Waals surface area contributed by atoms with Gasteiger partial charge >= 0.3 is 0 Å². The Morgan fingerprint density at radius 2 is 2.09 bits per heavy atom. The van der Waals surface area contributed by atoms with Crippen molar-refractivity contribution in [2.75, 3.05) is 31.6 Å². The number of likely N-dealkylation sites (N-methyl/N-ethyl adjacent to an activating group) is 1. The van der Waals surface area contributed by atoms with Crippen molar-refractivity contribution in [3.63, 3.8) is 0 Å². The number of aromatic nitrogens is 6. The number of nitrogens with zero attached hydrogens (tertiary/aromatic N) is 8. The summed E-state index contributed by atoms with van der Waals surface area (Å²) in [4.78, 5) is 33.4. The van der Waals surface area contributed by atoms with E-state index in [-0.39, 0.29) is 30.4 Å². The lowest BCUT2D eigenvalue weighted by molar-refractivity contribution is -0.000235. The minimum absolute atomic E-state index is 0.0164. The predicted octanol–water partition coefficient (Wildman–Crippen LogP) is 2.42. The lowest BCUT2D eigenvalue weighted by Gasteiger charge is -2.42. The van der Waals surface area contributed by atoms with Gasteiger partial charge < -0.3 is 14.9 Å². The van der Waals surface area contributed by atoms with Crippen LogP contribution in [0.25, 0.3) is 16.8 Å². The summed E-state index contributed by atoms with van der Waals surface area (Å²) < 4.78 is 27.7. The lowest BCUT2D eigenvalue weighted by atomic mass is 9.91. The molecule has 0 spiro atoms. The van der Waals surface area contributed by atoms with Crippen molar-refractivity contribution in [2.45, 2.75) is 31.8 Å². The van der Waals surface area contributed by atoms with Crippen molar-refractivity contribution in [1.29, 1.82) is 0 Å². The number of hydrogen-bond donors (Lipinski definition) is 1. The highest BCUT2D eigenvalue weighted by Gasteiger charge is 2.37. The number of halogens is 2. The van der Waals surface area contributed by atoms with Crippen LogP contribution in [0.2, 0.25) is 0 Å². The Bertz CT molecular complexity index is 1410. The molecule has 182 valence electrons. The number of alkyl halides is 2. The maximum Gasteiger partial charge on any atom is 0.293 e. The number of carbonyl (C=O) groups is 1. The number of aryl methyl sites for hydroxylation is 1. The molecule has 4 aromatic rings. The standard InChI is InChI=1S/C23H24F2N8O2/c1-14-11-17(19(24)25)33-22(28-14)29-20(30-33)21(34)31(2)12-23(35)7-4-10-32(13-23)16-6-9-26-15-5-3-8-27-18(15)16/h3,5-6,8-9,11,19,35H,4,7,10,12-13H2,1-2H3. The van der Waals surface area contributed by atoms with E-state index in [1.54, 1.807) is 19.3 Å². The molecule has 0 radical (unpaired) electrons. The summed E-state index contributed by atoms with van der Waals surface area (Å²) in [5, 5.41) is 15.4. The van der Waals surface area contributed by atoms with Gasteiger partial charge in [0.2, 0.25) is 5.82 Å². The zero-order valence-electron chi connectivity index (χ0n) is 19.3. The number of fused-ring (bicyclic) bond motifs is 2. The van der Waals surface area contributed by atoms with Gasteiger partial charge in [0.05, 0.1) is 23.3 Å². The number of piperidine rings is 1. The summed E-state index contributed by atoms with van der Waals surface area (Å²) in [6.07, 6.45) is 1.82. The van der Waals surface area contributed by atoms with E-state index in [0.717, 1.165) is 27.8 Å². The van der Waals surface area contributed by atoms with Crippen LogP contribution in [0.1, 0.15) is 41.3 Å². The van der Waals surface area contributed by atoms with E-state index in [4.69, 9.17) is 0 Å². The quantitative estimate of drug-likeness (QED) is 0.462. The summed E-state index contributed by atoms with van der Waals surface area (Å²) in [7, 11) is 1.53. The molecule has 12 heteroatoms. The zero-order valence-corrected chi connectivity index (χ0v) is 19.3. The molecule has 1 fully saturated rings.